The first kappa shape index (κ1) is 16.2. The average Bonchev–Trinajstić information content (AvgIpc) is 2.27. The lowest BCUT2D eigenvalue weighted by atomic mass is 10.3. The standard InChI is InChI=1S/C11H18O7/c1-4-5-6-7-15-18-8(2)10(12)16-9(3)17-11(13)14/h9H,2,4-7H2,1,3H3,(H,13,14). The van der Waals surface area contributed by atoms with Crippen LogP contribution in [0.2, 0.25) is 0 Å². The molecule has 1 atom stereocenters. The van der Waals surface area contributed by atoms with Crippen LogP contribution in [-0.4, -0.2) is 30.1 Å². The fraction of sp³-hybridized carbons (Fsp3) is 0.636. The van der Waals surface area contributed by atoms with E-state index in [0.29, 0.717) is 6.61 Å². The summed E-state index contributed by atoms with van der Waals surface area (Å²) >= 11 is 0. The molecule has 0 spiro atoms. The van der Waals surface area contributed by atoms with Gasteiger partial charge in [-0.1, -0.05) is 19.8 Å². The lowest BCUT2D eigenvalue weighted by molar-refractivity contribution is -0.266. The van der Waals surface area contributed by atoms with Gasteiger partial charge in [-0.05, 0) is 13.0 Å². The van der Waals surface area contributed by atoms with Crippen LogP contribution in [0.5, 0.6) is 0 Å². The van der Waals surface area contributed by atoms with Crippen molar-refractivity contribution in [2.45, 2.75) is 39.4 Å². The van der Waals surface area contributed by atoms with Crippen LogP contribution < -0.4 is 0 Å². The molecule has 0 aliphatic heterocycles. The molecule has 0 heterocycles. The van der Waals surface area contributed by atoms with Crippen LogP contribution in [0.3, 0.4) is 0 Å². The van der Waals surface area contributed by atoms with E-state index in [0.717, 1.165) is 19.3 Å². The number of rotatable bonds is 9. The first-order valence-corrected chi connectivity index (χ1v) is 5.56. The van der Waals surface area contributed by atoms with Crippen LogP contribution >= 0.6 is 0 Å². The number of unbranched alkanes of at least 4 members (excludes halogenated alkanes) is 2. The topological polar surface area (TPSA) is 91.3 Å². The zero-order valence-electron chi connectivity index (χ0n) is 10.5. The summed E-state index contributed by atoms with van der Waals surface area (Å²) in [5.74, 6) is -1.31. The highest BCUT2D eigenvalue weighted by Gasteiger charge is 2.17. The third-order valence-corrected chi connectivity index (χ3v) is 1.76. The Hall–Kier alpha value is -1.76. The molecule has 104 valence electrons. The highest BCUT2D eigenvalue weighted by molar-refractivity contribution is 5.85. The van der Waals surface area contributed by atoms with Crippen LogP contribution in [0, 0.1) is 0 Å². The molecule has 0 amide bonds. The van der Waals surface area contributed by atoms with Gasteiger partial charge in [0.05, 0.1) is 6.61 Å². The third-order valence-electron chi connectivity index (χ3n) is 1.76. The Balaban J connectivity index is 3.75. The SMILES string of the molecule is C=C(OOCCCCC)C(=O)OC(C)OC(=O)O. The highest BCUT2D eigenvalue weighted by atomic mass is 17.2. The largest absolute Gasteiger partial charge is 0.508 e. The monoisotopic (exact) mass is 262 g/mol. The van der Waals surface area contributed by atoms with E-state index in [1.54, 1.807) is 0 Å². The van der Waals surface area contributed by atoms with E-state index in [-0.39, 0.29) is 5.76 Å². The smallest absolute Gasteiger partial charge is 0.450 e. The molecule has 0 saturated carbocycles. The van der Waals surface area contributed by atoms with Crippen LogP contribution in [0.25, 0.3) is 0 Å². The van der Waals surface area contributed by atoms with Gasteiger partial charge in [0.25, 0.3) is 0 Å². The molecule has 0 bridgehead atoms. The minimum Gasteiger partial charge on any atom is -0.450 e. The summed E-state index contributed by atoms with van der Waals surface area (Å²) in [6, 6.07) is 0. The second kappa shape index (κ2) is 9.29. The molecule has 0 aromatic heterocycles. The summed E-state index contributed by atoms with van der Waals surface area (Å²) in [4.78, 5) is 30.7. The predicted molar refractivity (Wildman–Crippen MR) is 60.4 cm³/mol. The van der Waals surface area contributed by atoms with Crippen molar-refractivity contribution in [3.63, 3.8) is 0 Å². The van der Waals surface area contributed by atoms with Crippen LogP contribution in [0.15, 0.2) is 12.3 Å². The number of esters is 1. The number of hydrogen-bond donors (Lipinski definition) is 1. The van der Waals surface area contributed by atoms with Crippen molar-refractivity contribution >= 4 is 12.1 Å². The van der Waals surface area contributed by atoms with Crippen molar-refractivity contribution in [2.75, 3.05) is 6.61 Å². The van der Waals surface area contributed by atoms with Crippen molar-refractivity contribution in [1.29, 1.82) is 0 Å². The van der Waals surface area contributed by atoms with E-state index in [1.165, 1.54) is 6.92 Å². The Morgan fingerprint density at radius 2 is 1.94 bits per heavy atom. The number of carboxylic acid groups (broad SMARTS) is 1. The van der Waals surface area contributed by atoms with Gasteiger partial charge in [0.15, 0.2) is 0 Å². The van der Waals surface area contributed by atoms with E-state index in [9.17, 15) is 9.59 Å². The minimum absolute atomic E-state index is 0.335. The fourth-order valence-corrected chi connectivity index (χ4v) is 0.940. The molecule has 0 fully saturated rings. The molecule has 0 aliphatic rings. The molecular weight excluding hydrogens is 244 g/mol. The second-order valence-corrected chi connectivity index (χ2v) is 3.39. The van der Waals surface area contributed by atoms with Gasteiger partial charge in [-0.15, -0.1) is 0 Å². The molecule has 0 saturated heterocycles. The van der Waals surface area contributed by atoms with Gasteiger partial charge in [0.1, 0.15) is 0 Å². The van der Waals surface area contributed by atoms with Gasteiger partial charge >= 0.3 is 12.1 Å². The molecule has 1 N–H and O–H groups in total. The number of carbonyl (C=O) groups is 2. The normalized spacial score (nSPS) is 11.4. The first-order chi connectivity index (χ1) is 8.47. The van der Waals surface area contributed by atoms with Crippen molar-refractivity contribution in [1.82, 2.24) is 0 Å². The summed E-state index contributed by atoms with van der Waals surface area (Å²) in [6.45, 7) is 6.91. The van der Waals surface area contributed by atoms with E-state index in [4.69, 9.17) is 9.99 Å². The van der Waals surface area contributed by atoms with E-state index < -0.39 is 18.4 Å². The van der Waals surface area contributed by atoms with Crippen molar-refractivity contribution < 1.29 is 33.9 Å². The molecule has 0 aromatic carbocycles. The zero-order valence-corrected chi connectivity index (χ0v) is 10.5. The third kappa shape index (κ3) is 8.40. The van der Waals surface area contributed by atoms with Crippen LogP contribution in [0.4, 0.5) is 4.79 Å². The average molecular weight is 262 g/mol. The van der Waals surface area contributed by atoms with E-state index in [1.807, 2.05) is 6.92 Å². The van der Waals surface area contributed by atoms with Crippen LogP contribution in [-0.2, 0) is 24.0 Å². The molecule has 1 unspecified atom stereocenters. The summed E-state index contributed by atoms with van der Waals surface area (Å²) in [5.41, 5.74) is 0. The Kier molecular flexibility index (Phi) is 8.38. The molecule has 18 heavy (non-hydrogen) atoms. The van der Waals surface area contributed by atoms with Crippen molar-refractivity contribution in [3.8, 4) is 0 Å². The van der Waals surface area contributed by atoms with E-state index in [2.05, 4.69) is 20.9 Å². The van der Waals surface area contributed by atoms with Crippen molar-refractivity contribution in [3.05, 3.63) is 12.3 Å². The van der Waals surface area contributed by atoms with Gasteiger partial charge in [0.2, 0.25) is 12.0 Å². The highest BCUT2D eigenvalue weighted by Crippen LogP contribution is 2.04. The Bertz CT molecular complexity index is 287. The number of hydrogen-bond acceptors (Lipinski definition) is 6. The zero-order chi connectivity index (χ0) is 14.0. The van der Waals surface area contributed by atoms with Gasteiger partial charge in [-0.3, -0.25) is 0 Å². The molecule has 0 radical (unpaired) electrons. The molecule has 7 heteroatoms. The van der Waals surface area contributed by atoms with Crippen molar-refractivity contribution in [2.24, 2.45) is 0 Å². The Morgan fingerprint density at radius 3 is 2.50 bits per heavy atom. The summed E-state index contributed by atoms with van der Waals surface area (Å²) < 4.78 is 8.72. The maximum Gasteiger partial charge on any atom is 0.508 e. The summed E-state index contributed by atoms with van der Waals surface area (Å²) in [5, 5.41) is 8.27. The van der Waals surface area contributed by atoms with Gasteiger partial charge in [0, 0.05) is 6.92 Å². The van der Waals surface area contributed by atoms with Gasteiger partial charge in [-0.2, -0.15) is 4.89 Å². The summed E-state index contributed by atoms with van der Waals surface area (Å²) in [6.07, 6.45) is 0.0467. The maximum atomic E-state index is 11.3. The van der Waals surface area contributed by atoms with Crippen LogP contribution in [0.1, 0.15) is 33.1 Å². The fourth-order valence-electron chi connectivity index (χ4n) is 0.940. The van der Waals surface area contributed by atoms with E-state index >= 15 is 0 Å². The minimum atomic E-state index is -1.54. The van der Waals surface area contributed by atoms with Gasteiger partial charge in [-0.25, -0.2) is 9.59 Å². The summed E-state index contributed by atoms with van der Waals surface area (Å²) in [7, 11) is 0. The maximum absolute atomic E-state index is 11.3. The lowest BCUT2D eigenvalue weighted by Gasteiger charge is -2.12. The van der Waals surface area contributed by atoms with Gasteiger partial charge < -0.3 is 19.5 Å². The Labute approximate surface area is 105 Å². The quantitative estimate of drug-likeness (QED) is 0.129. The molecule has 0 aliphatic carbocycles. The Morgan fingerprint density at radius 1 is 1.28 bits per heavy atom. The molecule has 7 nitrogen and oxygen atoms in total. The molecular formula is C11H18O7. The molecule has 0 aromatic rings. The first-order valence-electron chi connectivity index (χ1n) is 5.56. The predicted octanol–water partition coefficient (Wildman–Crippen LogP) is 2.22. The lowest BCUT2D eigenvalue weighted by Crippen LogP contribution is -2.22. The molecule has 0 rings (SSSR count). The second-order valence-electron chi connectivity index (χ2n) is 3.39. The number of carbonyl (C=O) groups excluding carboxylic acids is 1. The number of ether oxygens (including phenoxy) is 2.